The van der Waals surface area contributed by atoms with Gasteiger partial charge in [0.15, 0.2) is 0 Å². The normalized spacial score (nSPS) is 19.0. The number of carbonyl (C=O) groups is 4. The average Bonchev–Trinajstić information content (AvgIpc) is 3.10. The number of allylic oxidation sites excluding steroid dienone is 2. The van der Waals surface area contributed by atoms with E-state index in [0.717, 1.165) is 24.0 Å². The van der Waals surface area contributed by atoms with Crippen LogP contribution in [0.15, 0.2) is 72.8 Å². The average molecular weight is 666 g/mol. The van der Waals surface area contributed by atoms with Gasteiger partial charge in [-0.05, 0) is 62.5 Å². The predicted octanol–water partition coefficient (Wildman–Crippen LogP) is 4.23. The third-order valence-electron chi connectivity index (χ3n) is 8.01. The molecule has 2 aromatic carbocycles. The van der Waals surface area contributed by atoms with Crippen molar-refractivity contribution in [2.75, 3.05) is 39.5 Å². The molecular weight excluding hydrogens is 614 g/mol. The van der Waals surface area contributed by atoms with Crippen molar-refractivity contribution in [1.29, 1.82) is 0 Å². The van der Waals surface area contributed by atoms with Crippen LogP contribution in [0.1, 0.15) is 62.5 Å². The third-order valence-corrected chi connectivity index (χ3v) is 8.01. The van der Waals surface area contributed by atoms with E-state index in [1.165, 1.54) is 0 Å². The van der Waals surface area contributed by atoms with Crippen LogP contribution in [0.2, 0.25) is 0 Å². The number of hydrogen-bond donors (Lipinski definition) is 4. The van der Waals surface area contributed by atoms with Gasteiger partial charge in [-0.1, -0.05) is 72.8 Å². The van der Waals surface area contributed by atoms with Crippen LogP contribution in [0.3, 0.4) is 0 Å². The van der Waals surface area contributed by atoms with Crippen LogP contribution in [0.5, 0.6) is 0 Å². The van der Waals surface area contributed by atoms with Crippen molar-refractivity contribution in [3.63, 3.8) is 0 Å². The lowest BCUT2D eigenvalue weighted by Crippen LogP contribution is -2.43. The van der Waals surface area contributed by atoms with Crippen molar-refractivity contribution in [3.05, 3.63) is 83.9 Å². The number of amides is 3. The molecule has 11 nitrogen and oxygen atoms in total. The Morgan fingerprint density at radius 3 is 2.40 bits per heavy atom. The predicted molar refractivity (Wildman–Crippen MR) is 182 cm³/mol. The third kappa shape index (κ3) is 16.1. The SMILES string of the molecule is O=C(CC1CC=CCCCC(Cc2ccccc2)C(=O)OCC(CCCCNC(=O)OCc2ccccc2)NC1=O)NCCOCCO. The molecule has 1 heterocycles. The molecule has 11 heteroatoms. The Morgan fingerprint density at radius 2 is 1.65 bits per heavy atom. The number of alkyl carbamates (subject to hydrolysis) is 1. The highest BCUT2D eigenvalue weighted by Crippen LogP contribution is 2.20. The summed E-state index contributed by atoms with van der Waals surface area (Å²) in [6.07, 6.45) is 8.42. The van der Waals surface area contributed by atoms with E-state index in [1.807, 2.05) is 72.8 Å². The number of aliphatic hydroxyl groups is 1. The van der Waals surface area contributed by atoms with Crippen LogP contribution < -0.4 is 16.0 Å². The minimum Gasteiger partial charge on any atom is -0.463 e. The first kappa shape index (κ1) is 38.2. The Balaban J connectivity index is 1.58. The van der Waals surface area contributed by atoms with Crippen molar-refractivity contribution in [1.82, 2.24) is 16.0 Å². The maximum Gasteiger partial charge on any atom is 0.407 e. The number of unbranched alkanes of at least 4 members (excludes halogenated alkanes) is 1. The maximum atomic E-state index is 13.5. The van der Waals surface area contributed by atoms with Gasteiger partial charge in [0.1, 0.15) is 13.2 Å². The zero-order valence-electron chi connectivity index (χ0n) is 27.8. The van der Waals surface area contributed by atoms with E-state index >= 15 is 0 Å². The minimum absolute atomic E-state index is 0.00313. The molecule has 3 unspecified atom stereocenters. The van der Waals surface area contributed by atoms with E-state index in [-0.39, 0.29) is 69.7 Å². The second kappa shape index (κ2) is 23.2. The number of ether oxygens (including phenoxy) is 3. The van der Waals surface area contributed by atoms with Gasteiger partial charge in [0.2, 0.25) is 11.8 Å². The van der Waals surface area contributed by atoms with E-state index in [1.54, 1.807) is 0 Å². The molecule has 0 fully saturated rings. The fourth-order valence-electron chi connectivity index (χ4n) is 5.37. The Hall–Kier alpha value is -4.22. The second-order valence-corrected chi connectivity index (χ2v) is 11.9. The number of hydrogen-bond acceptors (Lipinski definition) is 8. The van der Waals surface area contributed by atoms with Crippen molar-refractivity contribution >= 4 is 23.9 Å². The summed E-state index contributed by atoms with van der Waals surface area (Å²) >= 11 is 0. The molecule has 3 rings (SSSR count). The van der Waals surface area contributed by atoms with Crippen molar-refractivity contribution < 1.29 is 38.5 Å². The number of aliphatic hydroxyl groups excluding tert-OH is 1. The molecule has 262 valence electrons. The zero-order chi connectivity index (χ0) is 34.2. The van der Waals surface area contributed by atoms with E-state index in [0.29, 0.717) is 45.1 Å². The van der Waals surface area contributed by atoms with Gasteiger partial charge in [0, 0.05) is 19.5 Å². The van der Waals surface area contributed by atoms with Gasteiger partial charge in [0.05, 0.1) is 37.7 Å². The summed E-state index contributed by atoms with van der Waals surface area (Å²) < 4.78 is 16.3. The van der Waals surface area contributed by atoms with Crippen LogP contribution in [0.25, 0.3) is 0 Å². The number of esters is 1. The summed E-state index contributed by atoms with van der Waals surface area (Å²) in [6, 6.07) is 18.8. The summed E-state index contributed by atoms with van der Waals surface area (Å²) in [7, 11) is 0. The lowest BCUT2D eigenvalue weighted by atomic mass is 9.93. The second-order valence-electron chi connectivity index (χ2n) is 11.9. The standard InChI is InChI=1S/C37H51N3O8/c41-22-24-46-23-21-38-34(42)26-31-17-9-1-2-10-18-32(25-29-13-5-3-6-14-29)36(44)47-28-33(40-35(31)43)19-11-12-20-39-37(45)48-27-30-15-7-4-8-16-30/h1,3-9,13-16,31-33,41H,2,10-12,17-28H2,(H,38,42)(H,39,45)(H,40,43). The Bertz CT molecular complexity index is 1260. The molecule has 2 aromatic rings. The van der Waals surface area contributed by atoms with Gasteiger partial charge in [-0.3, -0.25) is 14.4 Å². The van der Waals surface area contributed by atoms with Gasteiger partial charge in [0.25, 0.3) is 0 Å². The number of cyclic esters (lactones) is 1. The Kier molecular flexibility index (Phi) is 18.4. The van der Waals surface area contributed by atoms with Gasteiger partial charge < -0.3 is 35.3 Å². The summed E-state index contributed by atoms with van der Waals surface area (Å²) in [5, 5.41) is 17.4. The molecule has 1 aliphatic heterocycles. The fraction of sp³-hybridized carbons (Fsp3) is 0.514. The van der Waals surface area contributed by atoms with Crippen molar-refractivity contribution in [2.24, 2.45) is 11.8 Å². The van der Waals surface area contributed by atoms with E-state index in [2.05, 4.69) is 16.0 Å². The summed E-state index contributed by atoms with van der Waals surface area (Å²) in [4.78, 5) is 51.6. The van der Waals surface area contributed by atoms with Crippen molar-refractivity contribution in [3.8, 4) is 0 Å². The van der Waals surface area contributed by atoms with Crippen LogP contribution in [-0.2, 0) is 41.6 Å². The summed E-state index contributed by atoms with van der Waals surface area (Å²) in [5.41, 5.74) is 1.97. The highest BCUT2D eigenvalue weighted by Gasteiger charge is 2.26. The Labute approximate surface area is 283 Å². The van der Waals surface area contributed by atoms with Crippen LogP contribution >= 0.6 is 0 Å². The highest BCUT2D eigenvalue weighted by molar-refractivity contribution is 5.86. The highest BCUT2D eigenvalue weighted by atomic mass is 16.5. The van der Waals surface area contributed by atoms with Gasteiger partial charge in [-0.25, -0.2) is 4.79 Å². The number of carbonyl (C=O) groups excluding carboxylic acids is 4. The lowest BCUT2D eigenvalue weighted by Gasteiger charge is -2.24. The molecule has 3 amide bonds. The first-order chi connectivity index (χ1) is 23.4. The first-order valence-corrected chi connectivity index (χ1v) is 17.0. The minimum atomic E-state index is -0.604. The van der Waals surface area contributed by atoms with Crippen LogP contribution in [0.4, 0.5) is 4.79 Å². The molecule has 0 saturated heterocycles. The molecule has 4 N–H and O–H groups in total. The molecule has 1 aliphatic rings. The topological polar surface area (TPSA) is 152 Å². The molecular formula is C37H51N3O8. The summed E-state index contributed by atoms with van der Waals surface area (Å²) in [6.45, 7) is 1.23. The summed E-state index contributed by atoms with van der Waals surface area (Å²) in [5.74, 6) is -1.75. The maximum absolute atomic E-state index is 13.5. The molecule has 48 heavy (non-hydrogen) atoms. The monoisotopic (exact) mass is 665 g/mol. The van der Waals surface area contributed by atoms with E-state index in [9.17, 15) is 19.2 Å². The molecule has 0 spiro atoms. The van der Waals surface area contributed by atoms with Gasteiger partial charge in [-0.15, -0.1) is 0 Å². The fourth-order valence-corrected chi connectivity index (χ4v) is 5.37. The lowest BCUT2D eigenvalue weighted by molar-refractivity contribution is -0.150. The molecule has 0 aromatic heterocycles. The van der Waals surface area contributed by atoms with Crippen molar-refractivity contribution in [2.45, 2.75) is 70.4 Å². The zero-order valence-corrected chi connectivity index (χ0v) is 27.8. The number of rotatable bonds is 16. The van der Waals surface area contributed by atoms with Gasteiger partial charge >= 0.3 is 12.1 Å². The molecule has 0 aliphatic carbocycles. The first-order valence-electron chi connectivity index (χ1n) is 17.0. The number of benzene rings is 2. The quantitative estimate of drug-likeness (QED) is 0.118. The van der Waals surface area contributed by atoms with Crippen LogP contribution in [-0.4, -0.2) is 74.5 Å². The largest absolute Gasteiger partial charge is 0.463 e. The molecule has 0 radical (unpaired) electrons. The number of nitrogens with one attached hydrogen (secondary N) is 3. The van der Waals surface area contributed by atoms with Gasteiger partial charge in [-0.2, -0.15) is 0 Å². The Morgan fingerprint density at radius 1 is 0.896 bits per heavy atom. The van der Waals surface area contributed by atoms with E-state index in [4.69, 9.17) is 19.3 Å². The van der Waals surface area contributed by atoms with Crippen LogP contribution in [0, 0.1) is 11.8 Å². The smallest absolute Gasteiger partial charge is 0.407 e. The van der Waals surface area contributed by atoms with E-state index < -0.39 is 18.1 Å². The molecule has 0 saturated carbocycles. The molecule has 0 bridgehead atoms. The molecule has 3 atom stereocenters.